The molecule has 1 N–H and O–H groups in total. The Morgan fingerprint density at radius 2 is 2.14 bits per heavy atom. The lowest BCUT2D eigenvalue weighted by molar-refractivity contribution is 0.273. The molecule has 1 aliphatic rings. The lowest BCUT2D eigenvalue weighted by Gasteiger charge is -2.21. The van der Waals surface area contributed by atoms with Gasteiger partial charge >= 0.3 is 0 Å². The molecule has 0 radical (unpaired) electrons. The van der Waals surface area contributed by atoms with Gasteiger partial charge in [-0.3, -0.25) is 0 Å². The monoisotopic (exact) mass is 286 g/mol. The third kappa shape index (κ3) is 4.18. The first-order chi connectivity index (χ1) is 10.1. The predicted molar refractivity (Wildman–Crippen MR) is 86.5 cm³/mol. The van der Waals surface area contributed by atoms with Gasteiger partial charge in [-0.1, -0.05) is 0 Å². The average Bonchev–Trinajstić information content (AvgIpc) is 2.50. The molecule has 0 amide bonds. The number of anilines is 1. The summed E-state index contributed by atoms with van der Waals surface area (Å²) >= 11 is 0. The Kier molecular flexibility index (Phi) is 5.58. The second-order valence-electron chi connectivity index (χ2n) is 6.16. The molecule has 1 aliphatic carbocycles. The Balaban J connectivity index is 1.95. The van der Waals surface area contributed by atoms with Gasteiger partial charge in [0.1, 0.15) is 11.9 Å². The van der Waals surface area contributed by atoms with Gasteiger partial charge in [-0.15, -0.1) is 0 Å². The zero-order chi connectivity index (χ0) is 15.2. The van der Waals surface area contributed by atoms with Gasteiger partial charge in [0.15, 0.2) is 0 Å². The molecular weight excluding hydrogens is 260 g/mol. The Bertz CT molecular complexity index is 516. The summed E-state index contributed by atoms with van der Waals surface area (Å²) in [5.41, 5.74) is 3.14. The van der Waals surface area contributed by atoms with E-state index in [0.717, 1.165) is 38.2 Å². The van der Waals surface area contributed by atoms with Crippen LogP contribution >= 0.6 is 0 Å². The number of hydrogen-bond acceptors (Lipinski definition) is 4. The number of nitriles is 1. The standard InChI is InChI=1S/C17H26N4/c1-13(2)21(3)10-6-9-19-17-15(12-18)11-14-7-4-5-8-16(14)20-17/h11,13H,4-10H2,1-3H3,(H,19,20). The zero-order valence-electron chi connectivity index (χ0n) is 13.4. The van der Waals surface area contributed by atoms with Crippen molar-refractivity contribution < 1.29 is 0 Å². The normalized spacial score (nSPS) is 14.1. The summed E-state index contributed by atoms with van der Waals surface area (Å²) in [5, 5.41) is 12.6. The van der Waals surface area contributed by atoms with Crippen molar-refractivity contribution in [2.75, 3.05) is 25.5 Å². The fourth-order valence-electron chi connectivity index (χ4n) is 2.65. The van der Waals surface area contributed by atoms with E-state index in [9.17, 15) is 5.26 Å². The van der Waals surface area contributed by atoms with Gasteiger partial charge in [0.05, 0.1) is 5.56 Å². The van der Waals surface area contributed by atoms with Crippen LogP contribution in [0, 0.1) is 11.3 Å². The highest BCUT2D eigenvalue weighted by Gasteiger charge is 2.14. The SMILES string of the molecule is CC(C)N(C)CCCNc1nc2c(cc1C#N)CCCC2. The largest absolute Gasteiger partial charge is 0.369 e. The third-order valence-corrected chi connectivity index (χ3v) is 4.28. The molecule has 0 aromatic carbocycles. The number of nitrogens with zero attached hydrogens (tertiary/aromatic N) is 3. The van der Waals surface area contributed by atoms with Crippen LogP contribution in [0.1, 0.15) is 49.9 Å². The smallest absolute Gasteiger partial charge is 0.144 e. The van der Waals surface area contributed by atoms with E-state index in [2.05, 4.69) is 42.2 Å². The summed E-state index contributed by atoms with van der Waals surface area (Å²) in [6, 6.07) is 4.88. The van der Waals surface area contributed by atoms with E-state index in [0.29, 0.717) is 11.6 Å². The van der Waals surface area contributed by atoms with Crippen LogP contribution in [0.4, 0.5) is 5.82 Å². The first kappa shape index (κ1) is 15.8. The van der Waals surface area contributed by atoms with Crippen LogP contribution in [0.15, 0.2) is 6.07 Å². The number of fused-ring (bicyclic) bond motifs is 1. The molecule has 0 saturated carbocycles. The van der Waals surface area contributed by atoms with Crippen LogP contribution in [0.2, 0.25) is 0 Å². The van der Waals surface area contributed by atoms with Gasteiger partial charge in [0.2, 0.25) is 0 Å². The molecule has 2 rings (SSSR count). The molecule has 4 nitrogen and oxygen atoms in total. The van der Waals surface area contributed by atoms with Gasteiger partial charge in [-0.25, -0.2) is 4.98 Å². The van der Waals surface area contributed by atoms with Crippen molar-refractivity contribution in [3.63, 3.8) is 0 Å². The summed E-state index contributed by atoms with van der Waals surface area (Å²) in [6.07, 6.45) is 5.60. The predicted octanol–water partition coefficient (Wildman–Crippen LogP) is 2.97. The van der Waals surface area contributed by atoms with Gasteiger partial charge in [0.25, 0.3) is 0 Å². The molecule has 0 atom stereocenters. The van der Waals surface area contributed by atoms with Crippen molar-refractivity contribution in [2.45, 2.75) is 52.0 Å². The van der Waals surface area contributed by atoms with E-state index in [1.54, 1.807) is 0 Å². The highest BCUT2D eigenvalue weighted by atomic mass is 15.1. The Morgan fingerprint density at radius 1 is 1.38 bits per heavy atom. The topological polar surface area (TPSA) is 52.0 Å². The molecule has 0 aliphatic heterocycles. The minimum atomic E-state index is 0.571. The number of rotatable bonds is 6. The zero-order valence-corrected chi connectivity index (χ0v) is 13.4. The minimum absolute atomic E-state index is 0.571. The van der Waals surface area contributed by atoms with Gasteiger partial charge in [-0.05, 0) is 71.2 Å². The van der Waals surface area contributed by atoms with Crippen LogP contribution in [0.3, 0.4) is 0 Å². The van der Waals surface area contributed by atoms with Crippen LogP contribution in [0.25, 0.3) is 0 Å². The van der Waals surface area contributed by atoms with Gasteiger partial charge < -0.3 is 10.2 Å². The van der Waals surface area contributed by atoms with Crippen molar-refractivity contribution in [3.05, 3.63) is 22.9 Å². The molecule has 0 fully saturated rings. The maximum Gasteiger partial charge on any atom is 0.144 e. The summed E-state index contributed by atoms with van der Waals surface area (Å²) < 4.78 is 0. The average molecular weight is 286 g/mol. The van der Waals surface area contributed by atoms with Gasteiger partial charge in [0, 0.05) is 18.3 Å². The van der Waals surface area contributed by atoms with Crippen LogP contribution in [0.5, 0.6) is 0 Å². The van der Waals surface area contributed by atoms with Crippen molar-refractivity contribution >= 4 is 5.82 Å². The van der Waals surface area contributed by atoms with Gasteiger partial charge in [-0.2, -0.15) is 5.26 Å². The highest BCUT2D eigenvalue weighted by Crippen LogP contribution is 2.24. The Hall–Kier alpha value is -1.60. The first-order valence-corrected chi connectivity index (χ1v) is 7.99. The number of pyridine rings is 1. The van der Waals surface area contributed by atoms with E-state index in [1.807, 2.05) is 6.07 Å². The fraction of sp³-hybridized carbons (Fsp3) is 0.647. The van der Waals surface area contributed by atoms with Crippen molar-refractivity contribution in [3.8, 4) is 6.07 Å². The second kappa shape index (κ2) is 7.42. The van der Waals surface area contributed by atoms with E-state index < -0.39 is 0 Å². The Morgan fingerprint density at radius 3 is 2.86 bits per heavy atom. The van der Waals surface area contributed by atoms with E-state index >= 15 is 0 Å². The molecule has 0 spiro atoms. The fourth-order valence-corrected chi connectivity index (χ4v) is 2.65. The van der Waals surface area contributed by atoms with Crippen LogP contribution in [-0.2, 0) is 12.8 Å². The lowest BCUT2D eigenvalue weighted by atomic mass is 9.95. The molecule has 1 aromatic heterocycles. The molecule has 21 heavy (non-hydrogen) atoms. The summed E-state index contributed by atoms with van der Waals surface area (Å²) in [7, 11) is 2.14. The molecule has 1 aromatic rings. The lowest BCUT2D eigenvalue weighted by Crippen LogP contribution is -2.28. The van der Waals surface area contributed by atoms with Crippen LogP contribution in [-0.4, -0.2) is 36.1 Å². The number of nitrogens with one attached hydrogen (secondary N) is 1. The Labute approximate surface area is 128 Å². The molecule has 4 heteroatoms. The van der Waals surface area contributed by atoms with E-state index in [4.69, 9.17) is 0 Å². The van der Waals surface area contributed by atoms with Crippen molar-refractivity contribution in [2.24, 2.45) is 0 Å². The maximum atomic E-state index is 9.30. The van der Waals surface area contributed by atoms with Crippen LogP contribution < -0.4 is 5.32 Å². The molecule has 0 unspecified atom stereocenters. The van der Waals surface area contributed by atoms with E-state index in [-0.39, 0.29) is 0 Å². The number of hydrogen-bond donors (Lipinski definition) is 1. The van der Waals surface area contributed by atoms with Crippen molar-refractivity contribution in [1.82, 2.24) is 9.88 Å². The van der Waals surface area contributed by atoms with E-state index in [1.165, 1.54) is 24.1 Å². The summed E-state index contributed by atoms with van der Waals surface area (Å²) in [5.74, 6) is 0.769. The maximum absolute atomic E-state index is 9.30. The third-order valence-electron chi connectivity index (χ3n) is 4.28. The highest BCUT2D eigenvalue weighted by molar-refractivity contribution is 5.54. The molecular formula is C17H26N4. The molecule has 0 bridgehead atoms. The number of aryl methyl sites for hydroxylation is 2. The second-order valence-corrected chi connectivity index (χ2v) is 6.16. The quantitative estimate of drug-likeness (QED) is 0.817. The van der Waals surface area contributed by atoms with Crippen molar-refractivity contribution in [1.29, 1.82) is 5.26 Å². The molecule has 0 saturated heterocycles. The molecule has 1 heterocycles. The summed E-state index contributed by atoms with van der Waals surface area (Å²) in [4.78, 5) is 7.02. The molecule has 114 valence electrons. The first-order valence-electron chi connectivity index (χ1n) is 7.99. The number of aromatic nitrogens is 1. The summed E-state index contributed by atoms with van der Waals surface area (Å²) in [6.45, 7) is 6.31. The minimum Gasteiger partial charge on any atom is -0.369 e.